The van der Waals surface area contributed by atoms with Gasteiger partial charge in [0.15, 0.2) is 0 Å². The van der Waals surface area contributed by atoms with Gasteiger partial charge in [-0.2, -0.15) is 0 Å². The fourth-order valence-electron chi connectivity index (χ4n) is 1.95. The van der Waals surface area contributed by atoms with Crippen molar-refractivity contribution in [1.29, 1.82) is 0 Å². The minimum Gasteiger partial charge on any atom is -0.391 e. The van der Waals surface area contributed by atoms with Crippen LogP contribution in [0.1, 0.15) is 19.4 Å². The predicted molar refractivity (Wildman–Crippen MR) is 71.2 cm³/mol. The molecule has 0 atom stereocenters. The van der Waals surface area contributed by atoms with E-state index in [1.807, 2.05) is 6.07 Å². The van der Waals surface area contributed by atoms with Crippen LogP contribution in [0.5, 0.6) is 0 Å². The lowest BCUT2D eigenvalue weighted by atomic mass is 10.1. The zero-order chi connectivity index (χ0) is 13.5. The van der Waals surface area contributed by atoms with Gasteiger partial charge in [0, 0.05) is 31.5 Å². The highest BCUT2D eigenvalue weighted by Crippen LogP contribution is 2.24. The molecule has 0 aromatic heterocycles. The molecule has 102 valence electrons. The first-order valence-electron chi connectivity index (χ1n) is 6.22. The second kappa shape index (κ2) is 7.34. The summed E-state index contributed by atoms with van der Waals surface area (Å²) in [4.78, 5) is 2.06. The maximum absolute atomic E-state index is 13.7. The first kappa shape index (κ1) is 14.9. The summed E-state index contributed by atoms with van der Waals surface area (Å²) in [5, 5.41) is 9.31. The van der Waals surface area contributed by atoms with Crippen molar-refractivity contribution in [2.45, 2.75) is 20.5 Å². The largest absolute Gasteiger partial charge is 0.391 e. The Balaban J connectivity index is 2.99. The number of aliphatic hydroxyl groups excluding tert-OH is 1. The zero-order valence-electron chi connectivity index (χ0n) is 11.3. The number of rotatable bonds is 7. The van der Waals surface area contributed by atoms with Crippen LogP contribution in [-0.4, -0.2) is 31.9 Å². The third kappa shape index (κ3) is 3.96. The predicted octanol–water partition coefficient (Wildman–Crippen LogP) is 2.43. The number of methoxy groups -OCH3 is 1. The van der Waals surface area contributed by atoms with Gasteiger partial charge >= 0.3 is 0 Å². The molecular formula is C14H22FNO2. The van der Waals surface area contributed by atoms with Gasteiger partial charge in [-0.1, -0.05) is 19.9 Å². The SMILES string of the molecule is COCCN(CC(C)C)c1cccc(F)c1CO. The quantitative estimate of drug-likeness (QED) is 0.812. The van der Waals surface area contributed by atoms with E-state index < -0.39 is 0 Å². The Morgan fingerprint density at radius 2 is 2.11 bits per heavy atom. The van der Waals surface area contributed by atoms with Gasteiger partial charge in [0.25, 0.3) is 0 Å². The van der Waals surface area contributed by atoms with Crippen LogP contribution in [0.3, 0.4) is 0 Å². The van der Waals surface area contributed by atoms with Crippen LogP contribution in [0.4, 0.5) is 10.1 Å². The summed E-state index contributed by atoms with van der Waals surface area (Å²) in [7, 11) is 1.64. The Labute approximate surface area is 108 Å². The second-order valence-electron chi connectivity index (χ2n) is 4.73. The van der Waals surface area contributed by atoms with Gasteiger partial charge in [-0.05, 0) is 18.1 Å². The van der Waals surface area contributed by atoms with Crippen LogP contribution in [-0.2, 0) is 11.3 Å². The Morgan fingerprint density at radius 1 is 1.39 bits per heavy atom. The van der Waals surface area contributed by atoms with E-state index in [9.17, 15) is 9.50 Å². The summed E-state index contributed by atoms with van der Waals surface area (Å²) < 4.78 is 18.7. The van der Waals surface area contributed by atoms with Crippen molar-refractivity contribution in [3.63, 3.8) is 0 Å². The topological polar surface area (TPSA) is 32.7 Å². The van der Waals surface area contributed by atoms with Gasteiger partial charge in [0.1, 0.15) is 5.82 Å². The number of aliphatic hydroxyl groups is 1. The van der Waals surface area contributed by atoms with Crippen LogP contribution in [0.25, 0.3) is 0 Å². The van der Waals surface area contributed by atoms with Crippen LogP contribution in [0.2, 0.25) is 0 Å². The molecule has 0 aliphatic rings. The molecule has 4 heteroatoms. The number of halogens is 1. The molecule has 18 heavy (non-hydrogen) atoms. The Hall–Kier alpha value is -1.13. The van der Waals surface area contributed by atoms with Crippen LogP contribution < -0.4 is 4.90 Å². The molecule has 0 saturated heterocycles. The standard InChI is InChI=1S/C14H22FNO2/c1-11(2)9-16(7-8-18-3)14-6-4-5-13(15)12(14)10-17/h4-6,11,17H,7-10H2,1-3H3. The van der Waals surface area contributed by atoms with Gasteiger partial charge in [-0.15, -0.1) is 0 Å². The fraction of sp³-hybridized carbons (Fsp3) is 0.571. The number of benzene rings is 1. The van der Waals surface area contributed by atoms with Gasteiger partial charge < -0.3 is 14.7 Å². The van der Waals surface area contributed by atoms with Crippen LogP contribution in [0, 0.1) is 11.7 Å². The molecule has 0 heterocycles. The molecule has 0 unspecified atom stereocenters. The zero-order valence-corrected chi connectivity index (χ0v) is 11.3. The molecule has 0 aliphatic carbocycles. The summed E-state index contributed by atoms with van der Waals surface area (Å²) in [5.41, 5.74) is 1.11. The maximum Gasteiger partial charge on any atom is 0.130 e. The van der Waals surface area contributed by atoms with Gasteiger partial charge in [-0.3, -0.25) is 0 Å². The van der Waals surface area contributed by atoms with Crippen molar-refractivity contribution in [1.82, 2.24) is 0 Å². The van der Waals surface area contributed by atoms with E-state index in [1.165, 1.54) is 6.07 Å². The number of ether oxygens (including phenoxy) is 1. The molecule has 0 saturated carbocycles. The van der Waals surface area contributed by atoms with Crippen molar-refractivity contribution < 1.29 is 14.2 Å². The van der Waals surface area contributed by atoms with Gasteiger partial charge in [0.05, 0.1) is 13.2 Å². The second-order valence-corrected chi connectivity index (χ2v) is 4.73. The van der Waals surface area contributed by atoms with Crippen molar-refractivity contribution in [3.8, 4) is 0 Å². The number of nitrogens with zero attached hydrogens (tertiary/aromatic N) is 1. The summed E-state index contributed by atoms with van der Waals surface area (Å²) in [6.07, 6.45) is 0. The van der Waals surface area contributed by atoms with Crippen LogP contribution in [0.15, 0.2) is 18.2 Å². The van der Waals surface area contributed by atoms with Crippen LogP contribution >= 0.6 is 0 Å². The number of hydrogen-bond donors (Lipinski definition) is 1. The van der Waals surface area contributed by atoms with E-state index in [0.29, 0.717) is 24.6 Å². The van der Waals surface area contributed by atoms with E-state index in [2.05, 4.69) is 18.7 Å². The number of hydrogen-bond acceptors (Lipinski definition) is 3. The molecule has 3 nitrogen and oxygen atoms in total. The highest BCUT2D eigenvalue weighted by atomic mass is 19.1. The molecule has 0 bridgehead atoms. The summed E-state index contributed by atoms with van der Waals surface area (Å²) in [6, 6.07) is 4.88. The highest BCUT2D eigenvalue weighted by Gasteiger charge is 2.15. The minimum absolute atomic E-state index is 0.288. The maximum atomic E-state index is 13.7. The molecule has 0 fully saturated rings. The number of anilines is 1. The van der Waals surface area contributed by atoms with E-state index in [0.717, 1.165) is 12.2 Å². The van der Waals surface area contributed by atoms with E-state index in [-0.39, 0.29) is 12.4 Å². The third-order valence-electron chi connectivity index (χ3n) is 2.74. The molecule has 1 rings (SSSR count). The Bertz CT molecular complexity index is 369. The van der Waals surface area contributed by atoms with Crippen molar-refractivity contribution in [2.75, 3.05) is 31.7 Å². The lowest BCUT2D eigenvalue weighted by Crippen LogP contribution is -2.32. The molecule has 0 aliphatic heterocycles. The van der Waals surface area contributed by atoms with Gasteiger partial charge in [-0.25, -0.2) is 4.39 Å². The summed E-state index contributed by atoms with van der Waals surface area (Å²) in [6.45, 7) is 6.00. The smallest absolute Gasteiger partial charge is 0.130 e. The minimum atomic E-state index is -0.360. The summed E-state index contributed by atoms with van der Waals surface area (Å²) in [5.74, 6) is 0.0952. The summed E-state index contributed by atoms with van der Waals surface area (Å²) >= 11 is 0. The average molecular weight is 255 g/mol. The first-order valence-corrected chi connectivity index (χ1v) is 6.22. The van der Waals surface area contributed by atoms with E-state index >= 15 is 0 Å². The monoisotopic (exact) mass is 255 g/mol. The van der Waals surface area contributed by atoms with E-state index in [1.54, 1.807) is 13.2 Å². The van der Waals surface area contributed by atoms with Crippen molar-refractivity contribution >= 4 is 5.69 Å². The van der Waals surface area contributed by atoms with E-state index in [4.69, 9.17) is 4.74 Å². The lowest BCUT2D eigenvalue weighted by Gasteiger charge is -2.28. The molecule has 1 aromatic carbocycles. The molecule has 0 amide bonds. The van der Waals surface area contributed by atoms with Gasteiger partial charge in [0.2, 0.25) is 0 Å². The average Bonchev–Trinajstić information content (AvgIpc) is 2.33. The molecule has 0 spiro atoms. The highest BCUT2D eigenvalue weighted by molar-refractivity contribution is 5.54. The Morgan fingerprint density at radius 3 is 2.67 bits per heavy atom. The molecule has 1 aromatic rings. The van der Waals surface area contributed by atoms with Crippen molar-refractivity contribution in [2.24, 2.45) is 5.92 Å². The Kier molecular flexibility index (Phi) is 6.09. The molecule has 0 radical (unpaired) electrons. The lowest BCUT2D eigenvalue weighted by molar-refractivity contribution is 0.204. The van der Waals surface area contributed by atoms with Crippen molar-refractivity contribution in [3.05, 3.63) is 29.6 Å². The first-order chi connectivity index (χ1) is 8.60. The molecule has 1 N–H and O–H groups in total. The fourth-order valence-corrected chi connectivity index (χ4v) is 1.95. The third-order valence-corrected chi connectivity index (χ3v) is 2.74. The molecular weight excluding hydrogens is 233 g/mol. The normalized spacial score (nSPS) is 11.0.